The number of aromatic nitrogens is 2. The van der Waals surface area contributed by atoms with Crippen molar-refractivity contribution in [1.29, 1.82) is 5.26 Å². The van der Waals surface area contributed by atoms with Crippen molar-refractivity contribution in [2.75, 3.05) is 0 Å². The minimum Gasteiger partial charge on any atom is -0.324 e. The van der Waals surface area contributed by atoms with Crippen LogP contribution in [-0.2, 0) is 6.42 Å². The van der Waals surface area contributed by atoms with Gasteiger partial charge in [-0.3, -0.25) is 4.57 Å². The monoisotopic (exact) mass is 276 g/mol. The summed E-state index contributed by atoms with van der Waals surface area (Å²) in [6.07, 6.45) is 0.281. The SMILES string of the molecule is C[C@@H](N)c1ccc(-n2c(CC#N)nc3ccccc32)cc1. The van der Waals surface area contributed by atoms with Crippen LogP contribution in [0.25, 0.3) is 16.7 Å². The lowest BCUT2D eigenvalue weighted by molar-refractivity contribution is 0.817. The Morgan fingerprint density at radius 2 is 1.90 bits per heavy atom. The topological polar surface area (TPSA) is 67.6 Å². The van der Waals surface area contributed by atoms with E-state index in [0.717, 1.165) is 28.1 Å². The summed E-state index contributed by atoms with van der Waals surface area (Å²) in [5, 5.41) is 9.01. The van der Waals surface area contributed by atoms with Crippen LogP contribution in [0, 0.1) is 11.3 Å². The van der Waals surface area contributed by atoms with Gasteiger partial charge in [-0.25, -0.2) is 4.98 Å². The van der Waals surface area contributed by atoms with Crippen molar-refractivity contribution >= 4 is 11.0 Å². The standard InChI is InChI=1S/C17H16N4/c1-12(19)13-6-8-14(9-7-13)21-16-5-3-2-4-15(16)20-17(21)10-11-18/h2-9,12H,10,19H2,1H3/t12-/m1/s1. The third-order valence-electron chi connectivity index (χ3n) is 3.54. The lowest BCUT2D eigenvalue weighted by atomic mass is 10.1. The summed E-state index contributed by atoms with van der Waals surface area (Å²) < 4.78 is 2.03. The Morgan fingerprint density at radius 3 is 2.57 bits per heavy atom. The van der Waals surface area contributed by atoms with Crippen LogP contribution in [0.5, 0.6) is 0 Å². The number of nitrogens with zero attached hydrogens (tertiary/aromatic N) is 3. The van der Waals surface area contributed by atoms with Gasteiger partial charge in [-0.05, 0) is 36.8 Å². The number of para-hydroxylation sites is 2. The molecule has 1 atom stereocenters. The Labute approximate surface area is 123 Å². The first-order valence-electron chi connectivity index (χ1n) is 6.90. The van der Waals surface area contributed by atoms with Crippen LogP contribution >= 0.6 is 0 Å². The first kappa shape index (κ1) is 13.3. The Bertz CT molecular complexity index is 807. The van der Waals surface area contributed by atoms with Gasteiger partial charge in [0, 0.05) is 11.7 Å². The smallest absolute Gasteiger partial charge is 0.128 e. The molecule has 0 saturated carbocycles. The normalized spacial score (nSPS) is 12.2. The van der Waals surface area contributed by atoms with Gasteiger partial charge in [-0.15, -0.1) is 0 Å². The molecule has 4 nitrogen and oxygen atoms in total. The number of hydrogen-bond acceptors (Lipinski definition) is 3. The summed E-state index contributed by atoms with van der Waals surface area (Å²) in [6, 6.07) is 18.2. The maximum absolute atomic E-state index is 9.01. The highest BCUT2D eigenvalue weighted by Gasteiger charge is 2.12. The number of benzene rings is 2. The van der Waals surface area contributed by atoms with Gasteiger partial charge in [0.15, 0.2) is 0 Å². The Morgan fingerprint density at radius 1 is 1.19 bits per heavy atom. The van der Waals surface area contributed by atoms with E-state index in [2.05, 4.69) is 11.1 Å². The van der Waals surface area contributed by atoms with Crippen LogP contribution in [0.4, 0.5) is 0 Å². The van der Waals surface area contributed by atoms with Crippen molar-refractivity contribution in [2.24, 2.45) is 5.73 Å². The predicted molar refractivity (Wildman–Crippen MR) is 83.0 cm³/mol. The van der Waals surface area contributed by atoms with Crippen LogP contribution in [0.2, 0.25) is 0 Å². The molecule has 0 bridgehead atoms. The molecule has 0 saturated heterocycles. The van der Waals surface area contributed by atoms with E-state index in [1.54, 1.807) is 0 Å². The maximum Gasteiger partial charge on any atom is 0.128 e. The van der Waals surface area contributed by atoms with E-state index in [9.17, 15) is 0 Å². The predicted octanol–water partition coefficient (Wildman–Crippen LogP) is 3.11. The van der Waals surface area contributed by atoms with E-state index in [0.29, 0.717) is 0 Å². The summed E-state index contributed by atoms with van der Waals surface area (Å²) in [4.78, 5) is 4.55. The van der Waals surface area contributed by atoms with Crippen LogP contribution < -0.4 is 5.73 Å². The number of hydrogen-bond donors (Lipinski definition) is 1. The van der Waals surface area contributed by atoms with Crippen molar-refractivity contribution < 1.29 is 0 Å². The van der Waals surface area contributed by atoms with Gasteiger partial charge in [0.2, 0.25) is 0 Å². The molecular formula is C17H16N4. The molecule has 2 N–H and O–H groups in total. The van der Waals surface area contributed by atoms with Crippen LogP contribution in [0.1, 0.15) is 24.4 Å². The third kappa shape index (κ3) is 2.39. The zero-order valence-corrected chi connectivity index (χ0v) is 11.8. The average molecular weight is 276 g/mol. The highest BCUT2D eigenvalue weighted by atomic mass is 15.1. The molecule has 4 heteroatoms. The molecule has 0 aliphatic carbocycles. The summed E-state index contributed by atoms with van der Waals surface area (Å²) in [5.74, 6) is 0.757. The van der Waals surface area contributed by atoms with Gasteiger partial charge in [-0.2, -0.15) is 5.26 Å². The molecule has 0 aliphatic heterocycles. The van der Waals surface area contributed by atoms with E-state index in [1.165, 1.54) is 0 Å². The number of nitrogens with two attached hydrogens (primary N) is 1. The van der Waals surface area contributed by atoms with Gasteiger partial charge in [0.05, 0.1) is 23.5 Å². The second-order valence-electron chi connectivity index (χ2n) is 5.07. The number of imidazole rings is 1. The summed E-state index contributed by atoms with van der Waals surface area (Å²) in [6.45, 7) is 1.96. The molecule has 0 fully saturated rings. The van der Waals surface area contributed by atoms with Crippen LogP contribution in [0.3, 0.4) is 0 Å². The van der Waals surface area contributed by atoms with Gasteiger partial charge >= 0.3 is 0 Å². The summed E-state index contributed by atoms with van der Waals surface area (Å²) >= 11 is 0. The van der Waals surface area contributed by atoms with Crippen molar-refractivity contribution in [3.8, 4) is 11.8 Å². The Hall–Kier alpha value is -2.64. The molecule has 104 valence electrons. The second kappa shape index (κ2) is 5.39. The van der Waals surface area contributed by atoms with Crippen molar-refractivity contribution in [2.45, 2.75) is 19.4 Å². The van der Waals surface area contributed by atoms with Gasteiger partial charge in [0.25, 0.3) is 0 Å². The fourth-order valence-electron chi connectivity index (χ4n) is 2.48. The molecule has 0 aliphatic rings. The molecule has 21 heavy (non-hydrogen) atoms. The highest BCUT2D eigenvalue weighted by molar-refractivity contribution is 5.78. The Kier molecular flexibility index (Phi) is 3.43. The largest absolute Gasteiger partial charge is 0.324 e. The zero-order valence-electron chi connectivity index (χ0n) is 11.8. The van der Waals surface area contributed by atoms with Crippen molar-refractivity contribution in [3.05, 3.63) is 59.9 Å². The van der Waals surface area contributed by atoms with Gasteiger partial charge in [0.1, 0.15) is 5.82 Å². The number of nitriles is 1. The van der Waals surface area contributed by atoms with Crippen molar-refractivity contribution in [3.63, 3.8) is 0 Å². The zero-order chi connectivity index (χ0) is 14.8. The van der Waals surface area contributed by atoms with E-state index >= 15 is 0 Å². The minimum atomic E-state index is 0.0113. The Balaban J connectivity index is 2.18. The molecule has 2 aromatic carbocycles. The van der Waals surface area contributed by atoms with E-state index < -0.39 is 0 Å². The van der Waals surface area contributed by atoms with Crippen molar-refractivity contribution in [1.82, 2.24) is 9.55 Å². The number of rotatable bonds is 3. The van der Waals surface area contributed by atoms with E-state index in [1.807, 2.05) is 60.0 Å². The molecule has 1 aromatic heterocycles. The highest BCUT2D eigenvalue weighted by Crippen LogP contribution is 2.23. The van der Waals surface area contributed by atoms with Gasteiger partial charge in [-0.1, -0.05) is 24.3 Å². The first-order valence-corrected chi connectivity index (χ1v) is 6.90. The molecule has 0 spiro atoms. The fraction of sp³-hybridized carbons (Fsp3) is 0.176. The van der Waals surface area contributed by atoms with E-state index in [4.69, 9.17) is 11.0 Å². The average Bonchev–Trinajstić information content (AvgIpc) is 2.85. The van der Waals surface area contributed by atoms with Crippen LogP contribution in [-0.4, -0.2) is 9.55 Å². The van der Waals surface area contributed by atoms with E-state index in [-0.39, 0.29) is 12.5 Å². The molecule has 0 amide bonds. The number of fused-ring (bicyclic) bond motifs is 1. The molecule has 3 aromatic rings. The molecule has 0 unspecified atom stereocenters. The quantitative estimate of drug-likeness (QED) is 0.799. The first-order chi connectivity index (χ1) is 10.2. The summed E-state index contributed by atoms with van der Waals surface area (Å²) in [5.41, 5.74) is 9.89. The second-order valence-corrected chi connectivity index (χ2v) is 5.07. The van der Waals surface area contributed by atoms with Crippen LogP contribution in [0.15, 0.2) is 48.5 Å². The lowest BCUT2D eigenvalue weighted by Gasteiger charge is -2.10. The molecular weight excluding hydrogens is 260 g/mol. The summed E-state index contributed by atoms with van der Waals surface area (Å²) in [7, 11) is 0. The minimum absolute atomic E-state index is 0.0113. The van der Waals surface area contributed by atoms with Gasteiger partial charge < -0.3 is 5.73 Å². The molecule has 0 radical (unpaired) electrons. The molecule has 3 rings (SSSR count). The molecule has 1 heterocycles. The maximum atomic E-state index is 9.01. The third-order valence-corrected chi connectivity index (χ3v) is 3.54. The fourth-order valence-corrected chi connectivity index (χ4v) is 2.48. The lowest BCUT2D eigenvalue weighted by Crippen LogP contribution is -2.05.